The Balaban J connectivity index is 0.00000400. The summed E-state index contributed by atoms with van der Waals surface area (Å²) in [6.45, 7) is 6.14. The molecule has 120 valence electrons. The molecule has 0 spiro atoms. The molecule has 5 nitrogen and oxygen atoms in total. The zero-order valence-electron chi connectivity index (χ0n) is 13.2. The number of hydrogen-bond donors (Lipinski definition) is 2. The van der Waals surface area contributed by atoms with Gasteiger partial charge in [0.1, 0.15) is 11.9 Å². The van der Waals surface area contributed by atoms with E-state index in [1.165, 1.54) is 5.56 Å². The molecule has 0 aliphatic carbocycles. The predicted molar refractivity (Wildman–Crippen MR) is 97.9 cm³/mol. The van der Waals surface area contributed by atoms with Crippen molar-refractivity contribution in [2.45, 2.75) is 20.0 Å². The van der Waals surface area contributed by atoms with E-state index < -0.39 is 0 Å². The summed E-state index contributed by atoms with van der Waals surface area (Å²) in [7, 11) is 3.42. The molecule has 1 atom stereocenters. The van der Waals surface area contributed by atoms with Crippen molar-refractivity contribution in [3.8, 4) is 5.75 Å². The monoisotopic (exact) mass is 407 g/mol. The average molecular weight is 407 g/mol. The first kappa shape index (κ1) is 20.0. The Bertz CT molecular complexity index is 410. The summed E-state index contributed by atoms with van der Waals surface area (Å²) in [5.74, 6) is 1.63. The van der Waals surface area contributed by atoms with Gasteiger partial charge in [-0.3, -0.25) is 4.99 Å². The van der Waals surface area contributed by atoms with E-state index in [1.807, 2.05) is 31.2 Å². The molecular formula is C15H26IN3O2. The minimum atomic E-state index is 0. The molecular weight excluding hydrogens is 381 g/mol. The number of ether oxygens (including phenoxy) is 2. The topological polar surface area (TPSA) is 54.9 Å². The first-order valence-electron chi connectivity index (χ1n) is 6.82. The second kappa shape index (κ2) is 11.6. The van der Waals surface area contributed by atoms with Crippen LogP contribution < -0.4 is 15.4 Å². The first-order valence-corrected chi connectivity index (χ1v) is 6.82. The summed E-state index contributed by atoms with van der Waals surface area (Å²) < 4.78 is 10.8. The molecule has 0 aliphatic rings. The van der Waals surface area contributed by atoms with Crippen molar-refractivity contribution in [3.63, 3.8) is 0 Å². The summed E-state index contributed by atoms with van der Waals surface area (Å²) in [4.78, 5) is 4.13. The van der Waals surface area contributed by atoms with Gasteiger partial charge in [-0.2, -0.15) is 0 Å². The van der Waals surface area contributed by atoms with E-state index in [-0.39, 0.29) is 30.1 Å². The van der Waals surface area contributed by atoms with Crippen LogP contribution >= 0.6 is 24.0 Å². The van der Waals surface area contributed by atoms with Crippen molar-refractivity contribution >= 4 is 29.9 Å². The largest absolute Gasteiger partial charge is 0.489 e. The van der Waals surface area contributed by atoms with Crippen molar-refractivity contribution in [2.24, 2.45) is 4.99 Å². The van der Waals surface area contributed by atoms with Crippen LogP contribution in [0.25, 0.3) is 0 Å². The standard InChI is InChI=1S/C15H25N3O2.HI/c1-12-5-7-14(8-6-12)20-13(2)11-18-15(16-3)17-9-10-19-4;/h5-8,13H,9-11H2,1-4H3,(H2,16,17,18);1H. The van der Waals surface area contributed by atoms with Crippen molar-refractivity contribution < 1.29 is 9.47 Å². The number of aliphatic imine (C=N–C) groups is 1. The molecule has 0 saturated heterocycles. The lowest BCUT2D eigenvalue weighted by Gasteiger charge is -2.17. The van der Waals surface area contributed by atoms with E-state index in [0.717, 1.165) is 18.3 Å². The zero-order valence-corrected chi connectivity index (χ0v) is 15.5. The lowest BCUT2D eigenvalue weighted by Crippen LogP contribution is -2.42. The third kappa shape index (κ3) is 8.77. The lowest BCUT2D eigenvalue weighted by molar-refractivity contribution is 0.203. The van der Waals surface area contributed by atoms with E-state index in [2.05, 4.69) is 22.5 Å². The minimum Gasteiger partial charge on any atom is -0.489 e. The fraction of sp³-hybridized carbons (Fsp3) is 0.533. The number of nitrogens with zero attached hydrogens (tertiary/aromatic N) is 1. The molecule has 0 radical (unpaired) electrons. The Labute approximate surface area is 144 Å². The summed E-state index contributed by atoms with van der Waals surface area (Å²) in [5.41, 5.74) is 1.23. The van der Waals surface area contributed by atoms with Gasteiger partial charge in [-0.05, 0) is 26.0 Å². The molecule has 0 aromatic heterocycles. The molecule has 1 aromatic carbocycles. The molecule has 0 bridgehead atoms. The van der Waals surface area contributed by atoms with Crippen molar-refractivity contribution in [1.29, 1.82) is 0 Å². The number of rotatable bonds is 7. The maximum Gasteiger partial charge on any atom is 0.191 e. The average Bonchev–Trinajstić information content (AvgIpc) is 2.45. The van der Waals surface area contributed by atoms with E-state index in [4.69, 9.17) is 9.47 Å². The molecule has 0 aliphatic heterocycles. The summed E-state index contributed by atoms with van der Waals surface area (Å²) in [6, 6.07) is 8.05. The van der Waals surface area contributed by atoms with Gasteiger partial charge in [-0.15, -0.1) is 24.0 Å². The van der Waals surface area contributed by atoms with Gasteiger partial charge in [-0.1, -0.05) is 17.7 Å². The Hall–Kier alpha value is -1.02. The molecule has 2 N–H and O–H groups in total. The maximum absolute atomic E-state index is 5.82. The second-order valence-corrected chi connectivity index (χ2v) is 4.61. The first-order chi connectivity index (χ1) is 9.65. The van der Waals surface area contributed by atoms with E-state index >= 15 is 0 Å². The van der Waals surface area contributed by atoms with Crippen LogP contribution in [0, 0.1) is 6.92 Å². The van der Waals surface area contributed by atoms with E-state index in [9.17, 15) is 0 Å². The normalized spacial score (nSPS) is 12.3. The van der Waals surface area contributed by atoms with Gasteiger partial charge in [0.15, 0.2) is 5.96 Å². The third-order valence-corrected chi connectivity index (χ3v) is 2.74. The predicted octanol–water partition coefficient (Wildman–Crippen LogP) is 2.19. The number of methoxy groups -OCH3 is 1. The molecule has 0 fully saturated rings. The zero-order chi connectivity index (χ0) is 14.8. The summed E-state index contributed by atoms with van der Waals surface area (Å²) >= 11 is 0. The third-order valence-electron chi connectivity index (χ3n) is 2.74. The molecule has 0 amide bonds. The van der Waals surface area contributed by atoms with Crippen LogP contribution in [-0.4, -0.2) is 45.9 Å². The molecule has 6 heteroatoms. The fourth-order valence-electron chi connectivity index (χ4n) is 1.62. The van der Waals surface area contributed by atoms with Gasteiger partial charge >= 0.3 is 0 Å². The van der Waals surface area contributed by atoms with Crippen LogP contribution in [0.4, 0.5) is 0 Å². The van der Waals surface area contributed by atoms with E-state index in [1.54, 1.807) is 14.2 Å². The van der Waals surface area contributed by atoms with Gasteiger partial charge in [0.2, 0.25) is 0 Å². The Morgan fingerprint density at radius 3 is 2.48 bits per heavy atom. The number of nitrogens with one attached hydrogen (secondary N) is 2. The SMILES string of the molecule is CN=C(NCCOC)NCC(C)Oc1ccc(C)cc1.I. The number of aryl methyl sites for hydroxylation is 1. The lowest BCUT2D eigenvalue weighted by atomic mass is 10.2. The van der Waals surface area contributed by atoms with E-state index in [0.29, 0.717) is 13.2 Å². The smallest absolute Gasteiger partial charge is 0.191 e. The maximum atomic E-state index is 5.82. The number of halogens is 1. The number of hydrogen-bond acceptors (Lipinski definition) is 3. The Kier molecular flexibility index (Phi) is 11.1. The molecule has 1 aromatic rings. The highest BCUT2D eigenvalue weighted by atomic mass is 127. The van der Waals surface area contributed by atoms with Crippen LogP contribution in [0.2, 0.25) is 0 Å². The quantitative estimate of drug-likeness (QED) is 0.315. The highest BCUT2D eigenvalue weighted by molar-refractivity contribution is 14.0. The van der Waals surface area contributed by atoms with Crippen LogP contribution in [-0.2, 0) is 4.74 Å². The second-order valence-electron chi connectivity index (χ2n) is 4.61. The van der Waals surface area contributed by atoms with Crippen LogP contribution in [0.5, 0.6) is 5.75 Å². The molecule has 0 saturated carbocycles. The highest BCUT2D eigenvalue weighted by Gasteiger charge is 2.05. The van der Waals surface area contributed by atoms with Crippen molar-refractivity contribution in [3.05, 3.63) is 29.8 Å². The van der Waals surface area contributed by atoms with Gasteiger partial charge in [0.25, 0.3) is 0 Å². The molecule has 1 unspecified atom stereocenters. The van der Waals surface area contributed by atoms with Crippen LogP contribution in [0.3, 0.4) is 0 Å². The molecule has 0 heterocycles. The fourth-order valence-corrected chi connectivity index (χ4v) is 1.62. The number of guanidine groups is 1. The summed E-state index contributed by atoms with van der Waals surface area (Å²) in [5, 5.41) is 6.37. The van der Waals surface area contributed by atoms with Gasteiger partial charge in [-0.25, -0.2) is 0 Å². The summed E-state index contributed by atoms with van der Waals surface area (Å²) in [6.07, 6.45) is 0.0543. The Morgan fingerprint density at radius 2 is 1.90 bits per heavy atom. The van der Waals surface area contributed by atoms with Gasteiger partial charge in [0, 0.05) is 20.7 Å². The minimum absolute atomic E-state index is 0. The highest BCUT2D eigenvalue weighted by Crippen LogP contribution is 2.12. The van der Waals surface area contributed by atoms with Crippen LogP contribution in [0.15, 0.2) is 29.3 Å². The molecule has 1 rings (SSSR count). The molecule has 21 heavy (non-hydrogen) atoms. The Morgan fingerprint density at radius 1 is 1.24 bits per heavy atom. The number of benzene rings is 1. The van der Waals surface area contributed by atoms with Crippen molar-refractivity contribution in [2.75, 3.05) is 33.9 Å². The van der Waals surface area contributed by atoms with Gasteiger partial charge < -0.3 is 20.1 Å². The van der Waals surface area contributed by atoms with Gasteiger partial charge in [0.05, 0.1) is 13.2 Å². The van der Waals surface area contributed by atoms with Crippen LogP contribution in [0.1, 0.15) is 12.5 Å². The van der Waals surface area contributed by atoms with Crippen molar-refractivity contribution in [1.82, 2.24) is 10.6 Å².